The molecule has 1 atom stereocenters. The summed E-state index contributed by atoms with van der Waals surface area (Å²) in [4.78, 5) is 26.9. The molecule has 0 unspecified atom stereocenters. The predicted octanol–water partition coefficient (Wildman–Crippen LogP) is 4.53. The van der Waals surface area contributed by atoms with E-state index >= 15 is 0 Å². The molecule has 4 rings (SSSR count). The normalized spacial score (nSPS) is 14.2. The van der Waals surface area contributed by atoms with Crippen molar-refractivity contribution >= 4 is 28.2 Å². The van der Waals surface area contributed by atoms with Gasteiger partial charge in [-0.25, -0.2) is 4.79 Å². The summed E-state index contributed by atoms with van der Waals surface area (Å²) in [6, 6.07) is 1.59. The molecule has 3 heterocycles. The molecule has 1 aliphatic rings. The topological polar surface area (TPSA) is 99.2 Å². The molecule has 9 heteroatoms. The molecule has 1 aliphatic carbocycles. The van der Waals surface area contributed by atoms with Crippen molar-refractivity contribution in [2.75, 3.05) is 5.32 Å². The minimum absolute atomic E-state index is 0.0749. The molecule has 3 aromatic rings. The lowest BCUT2D eigenvalue weighted by atomic mass is 9.95. The van der Waals surface area contributed by atoms with Gasteiger partial charge < -0.3 is 14.6 Å². The van der Waals surface area contributed by atoms with Gasteiger partial charge in [0.05, 0.1) is 17.9 Å². The van der Waals surface area contributed by atoms with Gasteiger partial charge >= 0.3 is 5.97 Å². The summed E-state index contributed by atoms with van der Waals surface area (Å²) in [6.45, 7) is 5.75. The molecule has 164 valence electrons. The largest absolute Gasteiger partial charge is 0.459 e. The van der Waals surface area contributed by atoms with E-state index in [1.807, 2.05) is 27.8 Å². The van der Waals surface area contributed by atoms with Crippen LogP contribution in [0.3, 0.4) is 0 Å². The van der Waals surface area contributed by atoms with E-state index in [-0.39, 0.29) is 17.8 Å². The smallest absolute Gasteiger partial charge is 0.341 e. The van der Waals surface area contributed by atoms with Crippen molar-refractivity contribution in [1.29, 1.82) is 0 Å². The second-order valence-electron chi connectivity index (χ2n) is 7.84. The average molecular weight is 443 g/mol. The summed E-state index contributed by atoms with van der Waals surface area (Å²) in [5.74, 6) is -0.754. The number of esters is 1. The van der Waals surface area contributed by atoms with Gasteiger partial charge in [0.1, 0.15) is 10.7 Å². The maximum Gasteiger partial charge on any atom is 0.341 e. The van der Waals surface area contributed by atoms with Gasteiger partial charge in [-0.05, 0) is 51.5 Å². The maximum absolute atomic E-state index is 12.9. The first kappa shape index (κ1) is 21.3. The molecule has 1 amide bonds. The Kier molecular flexibility index (Phi) is 5.95. The minimum atomic E-state index is -0.448. The van der Waals surface area contributed by atoms with Gasteiger partial charge in [-0.15, -0.1) is 11.3 Å². The van der Waals surface area contributed by atoms with Crippen LogP contribution >= 0.6 is 11.3 Å². The SMILES string of the molecule is CC[C@H](C)OC(=O)c1c(NC(=O)c2cc(-c3cnn(C)c3C)no2)sc2c1CCCC2. The Hall–Kier alpha value is -2.94. The van der Waals surface area contributed by atoms with Crippen molar-refractivity contribution in [3.05, 3.63) is 39.7 Å². The molecular weight excluding hydrogens is 416 g/mol. The zero-order valence-corrected chi connectivity index (χ0v) is 19.0. The Balaban J connectivity index is 1.60. The summed E-state index contributed by atoms with van der Waals surface area (Å²) >= 11 is 1.45. The number of hydrogen-bond acceptors (Lipinski definition) is 7. The van der Waals surface area contributed by atoms with Crippen LogP contribution in [0, 0.1) is 6.92 Å². The number of amides is 1. The first-order valence-electron chi connectivity index (χ1n) is 10.5. The van der Waals surface area contributed by atoms with Crippen LogP contribution in [-0.4, -0.2) is 32.9 Å². The molecular formula is C22H26N4O4S. The number of ether oxygens (including phenoxy) is 1. The zero-order chi connectivity index (χ0) is 22.1. The fraction of sp³-hybridized carbons (Fsp3) is 0.455. The summed E-state index contributed by atoms with van der Waals surface area (Å²) in [5, 5.41) is 11.6. The average Bonchev–Trinajstić information content (AvgIpc) is 3.45. The van der Waals surface area contributed by atoms with Crippen molar-refractivity contribution in [1.82, 2.24) is 14.9 Å². The van der Waals surface area contributed by atoms with Crippen LogP contribution in [-0.2, 0) is 24.6 Å². The van der Waals surface area contributed by atoms with E-state index in [4.69, 9.17) is 9.26 Å². The van der Waals surface area contributed by atoms with E-state index < -0.39 is 5.91 Å². The van der Waals surface area contributed by atoms with Crippen molar-refractivity contribution in [2.45, 2.75) is 59.0 Å². The molecule has 3 aromatic heterocycles. The van der Waals surface area contributed by atoms with Gasteiger partial charge in [0.25, 0.3) is 5.91 Å². The fourth-order valence-corrected chi connectivity index (χ4v) is 4.89. The summed E-state index contributed by atoms with van der Waals surface area (Å²) < 4.78 is 12.6. The number of carbonyl (C=O) groups excluding carboxylic acids is 2. The van der Waals surface area contributed by atoms with Crippen molar-refractivity contribution in [3.8, 4) is 11.3 Å². The van der Waals surface area contributed by atoms with Crippen LogP contribution < -0.4 is 5.32 Å². The highest BCUT2D eigenvalue weighted by Gasteiger charge is 2.29. The predicted molar refractivity (Wildman–Crippen MR) is 118 cm³/mol. The second kappa shape index (κ2) is 8.66. The Morgan fingerprint density at radius 3 is 2.84 bits per heavy atom. The molecule has 0 spiro atoms. The van der Waals surface area contributed by atoms with Gasteiger partial charge in [-0.1, -0.05) is 12.1 Å². The maximum atomic E-state index is 12.9. The van der Waals surface area contributed by atoms with Crippen LogP contribution in [0.4, 0.5) is 5.00 Å². The number of nitrogens with one attached hydrogen (secondary N) is 1. The number of nitrogens with zero attached hydrogens (tertiary/aromatic N) is 3. The van der Waals surface area contributed by atoms with Crippen molar-refractivity contribution < 1.29 is 18.8 Å². The van der Waals surface area contributed by atoms with E-state index in [0.717, 1.165) is 53.8 Å². The van der Waals surface area contributed by atoms with Gasteiger partial charge in [-0.2, -0.15) is 5.10 Å². The monoisotopic (exact) mass is 442 g/mol. The van der Waals surface area contributed by atoms with E-state index in [1.165, 1.54) is 11.3 Å². The lowest BCUT2D eigenvalue weighted by Gasteiger charge is -2.15. The lowest BCUT2D eigenvalue weighted by Crippen LogP contribution is -2.18. The number of hydrogen-bond donors (Lipinski definition) is 1. The van der Waals surface area contributed by atoms with Crippen LogP contribution in [0.25, 0.3) is 11.3 Å². The minimum Gasteiger partial charge on any atom is -0.459 e. The number of rotatable bonds is 6. The molecule has 1 N–H and O–H groups in total. The third kappa shape index (κ3) is 4.14. The summed E-state index contributed by atoms with van der Waals surface area (Å²) in [7, 11) is 1.84. The molecule has 0 saturated heterocycles. The van der Waals surface area contributed by atoms with Gasteiger partial charge in [-0.3, -0.25) is 9.48 Å². The lowest BCUT2D eigenvalue weighted by molar-refractivity contribution is 0.0335. The quantitative estimate of drug-likeness (QED) is 0.563. The highest BCUT2D eigenvalue weighted by Crippen LogP contribution is 2.39. The molecule has 0 bridgehead atoms. The van der Waals surface area contributed by atoms with Crippen LogP contribution in [0.2, 0.25) is 0 Å². The van der Waals surface area contributed by atoms with E-state index in [1.54, 1.807) is 16.9 Å². The second-order valence-corrected chi connectivity index (χ2v) is 8.94. The standard InChI is InChI=1S/C22H26N4O4S/c1-5-12(2)29-22(28)19-14-8-6-7-9-18(14)31-21(19)24-20(27)17-10-16(25-30-17)15-11-23-26(4)13(15)3/h10-12H,5-9H2,1-4H3,(H,24,27)/t12-/m0/s1. The zero-order valence-electron chi connectivity index (χ0n) is 18.2. The number of thiophene rings is 1. The summed E-state index contributed by atoms with van der Waals surface area (Å²) in [6.07, 6.45) is 6.06. The highest BCUT2D eigenvalue weighted by molar-refractivity contribution is 7.17. The first-order chi connectivity index (χ1) is 14.9. The first-order valence-corrected chi connectivity index (χ1v) is 11.3. The van der Waals surface area contributed by atoms with Crippen LogP contribution in [0.15, 0.2) is 16.8 Å². The Bertz CT molecular complexity index is 1130. The van der Waals surface area contributed by atoms with E-state index in [9.17, 15) is 9.59 Å². The van der Waals surface area contributed by atoms with Gasteiger partial charge in [0.2, 0.25) is 5.76 Å². The number of anilines is 1. The number of aryl methyl sites for hydroxylation is 2. The summed E-state index contributed by atoms with van der Waals surface area (Å²) in [5.41, 5.74) is 3.74. The number of fused-ring (bicyclic) bond motifs is 1. The Morgan fingerprint density at radius 2 is 2.13 bits per heavy atom. The molecule has 0 aromatic carbocycles. The number of carbonyl (C=O) groups is 2. The van der Waals surface area contributed by atoms with Crippen LogP contribution in [0.5, 0.6) is 0 Å². The molecule has 0 radical (unpaired) electrons. The van der Waals surface area contributed by atoms with E-state index in [0.29, 0.717) is 16.3 Å². The van der Waals surface area contributed by atoms with Crippen LogP contribution in [0.1, 0.15) is 70.2 Å². The molecule has 0 saturated carbocycles. The van der Waals surface area contributed by atoms with Gasteiger partial charge in [0.15, 0.2) is 0 Å². The Labute approximate surface area is 184 Å². The molecule has 0 aliphatic heterocycles. The number of aromatic nitrogens is 3. The Morgan fingerprint density at radius 1 is 1.35 bits per heavy atom. The molecule has 0 fully saturated rings. The molecule has 8 nitrogen and oxygen atoms in total. The third-order valence-corrected chi connectivity index (χ3v) is 6.94. The highest BCUT2D eigenvalue weighted by atomic mass is 32.1. The van der Waals surface area contributed by atoms with Crippen molar-refractivity contribution in [3.63, 3.8) is 0 Å². The van der Waals surface area contributed by atoms with Gasteiger partial charge in [0, 0.05) is 29.2 Å². The third-order valence-electron chi connectivity index (χ3n) is 5.73. The molecule has 31 heavy (non-hydrogen) atoms. The van der Waals surface area contributed by atoms with Crippen molar-refractivity contribution in [2.24, 2.45) is 7.05 Å². The van der Waals surface area contributed by atoms with E-state index in [2.05, 4.69) is 15.6 Å². The fourth-order valence-electron chi connectivity index (χ4n) is 3.62.